The van der Waals surface area contributed by atoms with Gasteiger partial charge in [-0.05, 0) is 111 Å². The maximum atomic E-state index is 12.9. The van der Waals surface area contributed by atoms with Crippen molar-refractivity contribution in [1.29, 1.82) is 0 Å². The highest BCUT2D eigenvalue weighted by atomic mass is 125. The number of aromatic amines is 1. The van der Waals surface area contributed by atoms with Crippen molar-refractivity contribution in [3.05, 3.63) is 103 Å². The van der Waals surface area contributed by atoms with Gasteiger partial charge in [-0.1, -0.05) is 41.5 Å². The number of halogens is 1. The van der Waals surface area contributed by atoms with Crippen molar-refractivity contribution in [2.24, 2.45) is 0 Å². The summed E-state index contributed by atoms with van der Waals surface area (Å²) in [6.07, 6.45) is 8.66. The molecular weight excluding hydrogens is 601 g/mol. The van der Waals surface area contributed by atoms with Gasteiger partial charge in [-0.25, -0.2) is 0 Å². The van der Waals surface area contributed by atoms with Gasteiger partial charge >= 0.3 is 0 Å². The number of pyridine rings is 1. The molecule has 2 aromatic heterocycles. The molecule has 4 rings (SSSR count). The first kappa shape index (κ1) is 28.4. The molecule has 0 radical (unpaired) electrons. The zero-order valence-electron chi connectivity index (χ0n) is 22.5. The topological polar surface area (TPSA) is 106 Å². The van der Waals surface area contributed by atoms with E-state index in [1.165, 1.54) is 15.9 Å². The van der Waals surface area contributed by atoms with E-state index in [1.807, 2.05) is 55.5 Å². The van der Waals surface area contributed by atoms with E-state index >= 15 is 0 Å². The maximum Gasteiger partial charge on any atom is 0.292 e. The number of nitrogens with one attached hydrogen (secondary N) is 2. The molecule has 4 aromatic rings. The Kier molecular flexibility index (Phi) is 9.80. The molecule has 9 heteroatoms. The van der Waals surface area contributed by atoms with Gasteiger partial charge in [0.15, 0.2) is 5.43 Å². The Morgan fingerprint density at radius 3 is 2.69 bits per heavy atom. The van der Waals surface area contributed by atoms with E-state index in [2.05, 4.69) is 74.3 Å². The molecule has 0 atom stereocenters. The smallest absolute Gasteiger partial charge is 0.292 e. The summed E-state index contributed by atoms with van der Waals surface area (Å²) in [6.45, 7) is 6.74. The Hall–Kier alpha value is -3.60. The maximum absolute atomic E-state index is 12.9. The Morgan fingerprint density at radius 2 is 1.87 bits per heavy atom. The summed E-state index contributed by atoms with van der Waals surface area (Å²) in [5.41, 5.74) is 6.07. The molecule has 0 aliphatic heterocycles. The van der Waals surface area contributed by atoms with Crippen LogP contribution in [0.2, 0.25) is 0 Å². The number of tetrazole rings is 1. The Morgan fingerprint density at radius 1 is 1.08 bits per heavy atom. The van der Waals surface area contributed by atoms with Crippen molar-refractivity contribution in [2.45, 2.75) is 52.9 Å². The molecule has 0 aliphatic carbocycles. The van der Waals surface area contributed by atoms with Crippen LogP contribution in [0.3, 0.4) is 0 Å². The number of carbonyl (C=O) groups excluding carboxylic acids is 1. The third-order valence-corrected chi connectivity index (χ3v) is 7.27. The van der Waals surface area contributed by atoms with E-state index in [0.29, 0.717) is 13.0 Å². The number of carbonyl (C=O) groups is 1. The molecule has 2 heterocycles. The number of hydrogen-bond donors (Lipinski definition) is 2. The fraction of sp³-hybridized carbons (Fsp3) is 0.300. The summed E-state index contributed by atoms with van der Waals surface area (Å²) in [4.78, 5) is 30.0. The number of aromatic nitrogens is 5. The van der Waals surface area contributed by atoms with E-state index < -0.39 is 0 Å². The van der Waals surface area contributed by atoms with Crippen molar-refractivity contribution >= 4 is 39.4 Å². The van der Waals surface area contributed by atoms with Gasteiger partial charge in [0.1, 0.15) is 0 Å². The lowest BCUT2D eigenvalue weighted by Crippen LogP contribution is -2.25. The van der Waals surface area contributed by atoms with Gasteiger partial charge in [0.2, 0.25) is 0 Å². The second-order valence-corrected chi connectivity index (χ2v) is 10.9. The fourth-order valence-corrected chi connectivity index (χ4v) is 4.86. The largest absolute Gasteiger partial charge is 0.358 e. The van der Waals surface area contributed by atoms with Gasteiger partial charge in [0, 0.05) is 32.3 Å². The molecule has 0 aliphatic rings. The summed E-state index contributed by atoms with van der Waals surface area (Å²) in [7, 11) is 0. The molecule has 0 saturated carbocycles. The predicted octanol–water partition coefficient (Wildman–Crippen LogP) is 5.84. The third-order valence-electron chi connectivity index (χ3n) is 6.60. The lowest BCUT2D eigenvalue weighted by Gasteiger charge is -2.07. The van der Waals surface area contributed by atoms with E-state index in [9.17, 15) is 9.59 Å². The molecule has 0 unspecified atom stereocenters. The number of hydrogen-bond acceptors (Lipinski definition) is 5. The number of H-pyrrole nitrogens is 1. The average Bonchev–Trinajstić information content (AvgIpc) is 3.42. The zero-order chi connectivity index (χ0) is 27.8. The Balaban J connectivity index is 1.19. The minimum atomic E-state index is -0.324. The van der Waals surface area contributed by atoms with Crippen LogP contribution in [0.5, 0.6) is 0 Å². The summed E-state index contributed by atoms with van der Waals surface area (Å²) in [5.74, 6) is -0.265. The van der Waals surface area contributed by atoms with Crippen LogP contribution < -0.4 is 10.7 Å². The van der Waals surface area contributed by atoms with Gasteiger partial charge in [-0.15, -0.1) is 15.0 Å². The fourth-order valence-electron chi connectivity index (χ4n) is 4.34. The molecule has 0 bridgehead atoms. The molecule has 0 spiro atoms. The van der Waals surface area contributed by atoms with Gasteiger partial charge in [-0.2, -0.15) is 0 Å². The van der Waals surface area contributed by atoms with Gasteiger partial charge in [0.05, 0.1) is 5.69 Å². The van der Waals surface area contributed by atoms with Crippen LogP contribution in [0, 0.1) is 10.5 Å². The monoisotopic (exact) mass is 634 g/mol. The van der Waals surface area contributed by atoms with Gasteiger partial charge in [0.25, 0.3) is 11.7 Å². The van der Waals surface area contributed by atoms with Crippen LogP contribution in [0.25, 0.3) is 16.6 Å². The summed E-state index contributed by atoms with van der Waals surface area (Å²) >= 11 is 2.21. The zero-order valence-corrected chi connectivity index (χ0v) is 24.7. The first-order valence-electron chi connectivity index (χ1n) is 13.1. The molecule has 0 fully saturated rings. The highest BCUT2D eigenvalue weighted by molar-refractivity contribution is 14.1. The number of amides is 1. The number of allylic oxidation sites excluding steroid dienone is 4. The third kappa shape index (κ3) is 7.72. The SMILES string of the molecule is C/C(=C\Cc1c(C)[nH]c2ccccc2c1=O)CC/C=C(\C)CCCNC(=O)c1nnn(-c2cccc([125I])c2)n1. The van der Waals surface area contributed by atoms with Gasteiger partial charge < -0.3 is 10.3 Å². The molecule has 1 amide bonds. The summed E-state index contributed by atoms with van der Waals surface area (Å²) in [6, 6.07) is 15.3. The Labute approximate surface area is 241 Å². The molecule has 202 valence electrons. The molecule has 2 aromatic carbocycles. The lowest BCUT2D eigenvalue weighted by molar-refractivity contribution is 0.0942. The van der Waals surface area contributed by atoms with Crippen LogP contribution in [0.15, 0.2) is 76.6 Å². The quantitative estimate of drug-likeness (QED) is 0.123. The number of benzene rings is 2. The minimum Gasteiger partial charge on any atom is -0.358 e. The van der Waals surface area contributed by atoms with E-state index in [4.69, 9.17) is 0 Å². The van der Waals surface area contributed by atoms with Crippen molar-refractivity contribution in [1.82, 2.24) is 30.5 Å². The average molecular weight is 635 g/mol. The molecular formula is C30H33IN6O2. The number of aryl methyl sites for hydroxylation is 1. The second-order valence-electron chi connectivity index (χ2n) is 9.69. The Bertz CT molecular complexity index is 1580. The van der Waals surface area contributed by atoms with Crippen molar-refractivity contribution < 1.29 is 4.79 Å². The van der Waals surface area contributed by atoms with E-state index in [1.54, 1.807) is 0 Å². The first-order valence-corrected chi connectivity index (χ1v) is 14.2. The standard InChI is InChI=1S/C30H33IN6O2/c1-20(11-8-18-32-30(39)29-34-36-37(35-29)24-13-7-12-23(31)19-24)9-6-10-21(2)16-17-25-22(3)33-27-15-5-4-14-26(27)28(25)38/h4-5,7,9,12-16,19H,6,8,10-11,17-18H2,1-3H3,(H,32,39)(H,33,38)/b20-9+,21-16+/i31-2. The highest BCUT2D eigenvalue weighted by Crippen LogP contribution is 2.15. The predicted molar refractivity (Wildman–Crippen MR) is 163 cm³/mol. The number of rotatable bonds is 11. The first-order chi connectivity index (χ1) is 18.8. The lowest BCUT2D eigenvalue weighted by atomic mass is 10.0. The van der Waals surface area contributed by atoms with Crippen molar-refractivity contribution in [3.63, 3.8) is 0 Å². The molecule has 8 nitrogen and oxygen atoms in total. The summed E-state index contributed by atoms with van der Waals surface area (Å²) < 4.78 is 1.05. The van der Waals surface area contributed by atoms with Crippen LogP contribution in [0.4, 0.5) is 0 Å². The van der Waals surface area contributed by atoms with Crippen molar-refractivity contribution in [3.8, 4) is 5.69 Å². The van der Waals surface area contributed by atoms with Crippen LogP contribution in [-0.2, 0) is 6.42 Å². The molecule has 2 N–H and O–H groups in total. The number of nitrogens with zero attached hydrogens (tertiary/aromatic N) is 4. The normalized spacial score (nSPS) is 12.2. The van der Waals surface area contributed by atoms with Crippen LogP contribution in [-0.4, -0.2) is 37.6 Å². The minimum absolute atomic E-state index is 0.0595. The van der Waals surface area contributed by atoms with Crippen molar-refractivity contribution in [2.75, 3.05) is 6.54 Å². The molecule has 39 heavy (non-hydrogen) atoms. The van der Waals surface area contributed by atoms with Gasteiger partial charge in [-0.3, -0.25) is 9.59 Å². The highest BCUT2D eigenvalue weighted by Gasteiger charge is 2.13. The van der Waals surface area contributed by atoms with E-state index in [-0.39, 0.29) is 17.2 Å². The van der Waals surface area contributed by atoms with Crippen LogP contribution in [0.1, 0.15) is 61.4 Å². The number of para-hydroxylation sites is 1. The summed E-state index contributed by atoms with van der Waals surface area (Å²) in [5, 5.41) is 15.7. The van der Waals surface area contributed by atoms with Crippen LogP contribution >= 0.6 is 22.6 Å². The van der Waals surface area contributed by atoms with E-state index in [0.717, 1.165) is 57.1 Å². The second kappa shape index (κ2) is 13.5. The number of fused-ring (bicyclic) bond motifs is 1. The molecule has 0 saturated heterocycles.